The van der Waals surface area contributed by atoms with Gasteiger partial charge in [-0.25, -0.2) is 0 Å². The van der Waals surface area contributed by atoms with E-state index in [1.165, 1.54) is 0 Å². The Morgan fingerprint density at radius 1 is 0.647 bits per heavy atom. The second kappa shape index (κ2) is 7.31. The Balaban J connectivity index is 0. The first-order chi connectivity index (χ1) is 7.39. The van der Waals surface area contributed by atoms with E-state index in [2.05, 4.69) is 71.3 Å². The van der Waals surface area contributed by atoms with E-state index >= 15 is 0 Å². The highest BCUT2D eigenvalue weighted by molar-refractivity contribution is 6.89. The maximum atomic E-state index is 5.97. The predicted molar refractivity (Wildman–Crippen MR) is 90.0 cm³/mol. The summed E-state index contributed by atoms with van der Waals surface area (Å²) in [4.78, 5) is 0. The molecule has 0 aromatic carbocycles. The molecule has 0 saturated carbocycles. The Labute approximate surface area is 112 Å². The second-order valence-corrected chi connectivity index (χ2v) is 19.5. The van der Waals surface area contributed by atoms with Crippen molar-refractivity contribution in [3.63, 3.8) is 0 Å². The summed E-state index contributed by atoms with van der Waals surface area (Å²) >= 11 is 0. The van der Waals surface area contributed by atoms with E-state index < -0.39 is 24.7 Å². The molecule has 0 saturated heterocycles. The van der Waals surface area contributed by atoms with Crippen LogP contribution in [0.2, 0.25) is 45.8 Å². The molecule has 0 atom stereocenters. The molecule has 17 heavy (non-hydrogen) atoms. The minimum atomic E-state index is -1.58. The number of hydrogen-bond donors (Lipinski definition) is 0. The predicted octanol–water partition coefficient (Wildman–Crippen LogP) is 4.91. The lowest BCUT2D eigenvalue weighted by Crippen LogP contribution is -2.41. The van der Waals surface area contributed by atoms with Gasteiger partial charge in [0.25, 0.3) is 0 Å². The molecule has 0 aliphatic rings. The second-order valence-electron chi connectivity index (χ2n) is 6.29. The lowest BCUT2D eigenvalue weighted by molar-refractivity contribution is 0.571. The average molecular weight is 287 g/mol. The van der Waals surface area contributed by atoms with Gasteiger partial charge in [-0.05, 0) is 26.2 Å². The van der Waals surface area contributed by atoms with E-state index in [0.717, 1.165) is 0 Å². The van der Waals surface area contributed by atoms with Crippen molar-refractivity contribution in [3.8, 4) is 0 Å². The SMILES string of the molecule is C=C[Si](C)(C)C.C=C[Si](C)(C)O[Si](C)(C)C=C. The van der Waals surface area contributed by atoms with E-state index in [0.29, 0.717) is 0 Å². The fourth-order valence-corrected chi connectivity index (χ4v) is 6.85. The monoisotopic (exact) mass is 286 g/mol. The van der Waals surface area contributed by atoms with Gasteiger partial charge in [-0.3, -0.25) is 0 Å². The Kier molecular flexibility index (Phi) is 8.24. The van der Waals surface area contributed by atoms with Crippen molar-refractivity contribution in [1.29, 1.82) is 0 Å². The van der Waals surface area contributed by atoms with Crippen LogP contribution in [-0.2, 0) is 4.12 Å². The van der Waals surface area contributed by atoms with Crippen LogP contribution >= 0.6 is 0 Å². The average Bonchev–Trinajstić information content (AvgIpc) is 2.16. The molecule has 0 aromatic rings. The van der Waals surface area contributed by atoms with Crippen LogP contribution in [0.3, 0.4) is 0 Å². The summed E-state index contributed by atoms with van der Waals surface area (Å²) in [6.45, 7) is 26.6. The molecule has 0 fully saturated rings. The van der Waals surface area contributed by atoms with Crippen molar-refractivity contribution >= 4 is 24.7 Å². The molecule has 1 nitrogen and oxygen atoms in total. The number of hydrogen-bond acceptors (Lipinski definition) is 1. The van der Waals surface area contributed by atoms with Gasteiger partial charge in [0, 0.05) is 0 Å². The molecule has 0 heterocycles. The smallest absolute Gasteiger partial charge is 0.198 e. The quantitative estimate of drug-likeness (QED) is 0.652. The fraction of sp³-hybridized carbons (Fsp3) is 0.538. The summed E-state index contributed by atoms with van der Waals surface area (Å²) in [6.07, 6.45) is 0. The topological polar surface area (TPSA) is 9.23 Å². The molecule has 100 valence electrons. The van der Waals surface area contributed by atoms with Gasteiger partial charge in [0.2, 0.25) is 0 Å². The zero-order chi connectivity index (χ0) is 14.3. The Hall–Kier alpha value is -0.169. The Bertz CT molecular complexity index is 244. The van der Waals surface area contributed by atoms with Crippen LogP contribution in [0.4, 0.5) is 0 Å². The van der Waals surface area contributed by atoms with E-state index in [1.807, 2.05) is 11.4 Å². The van der Waals surface area contributed by atoms with Crippen molar-refractivity contribution in [1.82, 2.24) is 0 Å². The molecule has 0 aliphatic heterocycles. The highest BCUT2D eigenvalue weighted by Crippen LogP contribution is 2.15. The first-order valence-corrected chi connectivity index (χ1v) is 15.5. The van der Waals surface area contributed by atoms with Crippen LogP contribution < -0.4 is 0 Å². The lowest BCUT2D eigenvalue weighted by atomic mass is 11.3. The van der Waals surface area contributed by atoms with Gasteiger partial charge in [-0.1, -0.05) is 31.0 Å². The molecule has 0 bridgehead atoms. The van der Waals surface area contributed by atoms with E-state index in [-0.39, 0.29) is 0 Å². The normalized spacial score (nSPS) is 12.2. The Morgan fingerprint density at radius 2 is 0.882 bits per heavy atom. The van der Waals surface area contributed by atoms with Gasteiger partial charge in [0.15, 0.2) is 16.6 Å². The van der Waals surface area contributed by atoms with Crippen molar-refractivity contribution in [2.24, 2.45) is 0 Å². The zero-order valence-electron chi connectivity index (χ0n) is 12.8. The lowest BCUT2D eigenvalue weighted by Gasteiger charge is -2.29. The summed E-state index contributed by atoms with van der Waals surface area (Å²) in [5, 5.41) is 0. The maximum Gasteiger partial charge on any atom is 0.198 e. The van der Waals surface area contributed by atoms with E-state index in [9.17, 15) is 0 Å². The summed E-state index contributed by atoms with van der Waals surface area (Å²) in [6, 6.07) is 0. The van der Waals surface area contributed by atoms with Crippen molar-refractivity contribution < 1.29 is 4.12 Å². The first kappa shape index (κ1) is 19.2. The van der Waals surface area contributed by atoms with Crippen LogP contribution in [0.1, 0.15) is 0 Å². The molecule has 0 unspecified atom stereocenters. The molecule has 0 radical (unpaired) electrons. The molecular formula is C13H30OSi3. The van der Waals surface area contributed by atoms with Gasteiger partial charge in [0.05, 0.1) is 8.07 Å². The molecule has 0 N–H and O–H groups in total. The third-order valence-electron chi connectivity index (χ3n) is 2.12. The summed E-state index contributed by atoms with van der Waals surface area (Å²) in [5.41, 5.74) is 6.00. The highest BCUT2D eigenvalue weighted by Gasteiger charge is 2.27. The van der Waals surface area contributed by atoms with Gasteiger partial charge in [0.1, 0.15) is 0 Å². The molecule has 0 amide bonds. The zero-order valence-corrected chi connectivity index (χ0v) is 15.8. The minimum absolute atomic E-state index is 0.867. The summed E-state index contributed by atoms with van der Waals surface area (Å²) < 4.78 is 5.97. The molecule has 0 aromatic heterocycles. The van der Waals surface area contributed by atoms with Crippen LogP contribution in [0.15, 0.2) is 36.8 Å². The summed E-state index contributed by atoms with van der Waals surface area (Å²) in [7, 11) is -4.03. The fourth-order valence-electron chi connectivity index (χ4n) is 0.761. The molecular weight excluding hydrogens is 256 g/mol. The van der Waals surface area contributed by atoms with Gasteiger partial charge in [-0.2, -0.15) is 0 Å². The van der Waals surface area contributed by atoms with Crippen molar-refractivity contribution in [2.45, 2.75) is 45.8 Å². The Morgan fingerprint density at radius 3 is 1.00 bits per heavy atom. The van der Waals surface area contributed by atoms with Crippen LogP contribution in [0, 0.1) is 0 Å². The van der Waals surface area contributed by atoms with Crippen LogP contribution in [0.5, 0.6) is 0 Å². The highest BCUT2D eigenvalue weighted by atomic mass is 28.4. The van der Waals surface area contributed by atoms with Gasteiger partial charge < -0.3 is 4.12 Å². The molecule has 0 spiro atoms. The molecule has 0 rings (SSSR count). The van der Waals surface area contributed by atoms with Crippen LogP contribution in [-0.4, -0.2) is 24.7 Å². The van der Waals surface area contributed by atoms with Crippen molar-refractivity contribution in [3.05, 3.63) is 36.8 Å². The third-order valence-corrected chi connectivity index (χ3v) is 9.52. The first-order valence-electron chi connectivity index (χ1n) is 6.00. The minimum Gasteiger partial charge on any atom is -0.449 e. The molecule has 0 aliphatic carbocycles. The van der Waals surface area contributed by atoms with E-state index in [1.54, 1.807) is 0 Å². The standard InChI is InChI=1S/C8H18OSi2.C5H12Si/c1-7-10(3,4)9-11(5,6)8-2;1-5-6(2,3)4/h7-8H,1-2H2,3-6H3;5H,1H2,2-4H3. The van der Waals surface area contributed by atoms with Crippen molar-refractivity contribution in [2.75, 3.05) is 0 Å². The summed E-state index contributed by atoms with van der Waals surface area (Å²) in [5.74, 6) is 0. The largest absolute Gasteiger partial charge is 0.449 e. The van der Waals surface area contributed by atoms with Gasteiger partial charge in [-0.15, -0.1) is 25.4 Å². The maximum absolute atomic E-state index is 5.97. The van der Waals surface area contributed by atoms with Crippen LogP contribution in [0.25, 0.3) is 0 Å². The third kappa shape index (κ3) is 13.8. The molecule has 4 heteroatoms. The van der Waals surface area contributed by atoms with E-state index in [4.69, 9.17) is 4.12 Å². The van der Waals surface area contributed by atoms with Gasteiger partial charge >= 0.3 is 0 Å². The number of rotatable bonds is 5.